The van der Waals surface area contributed by atoms with Gasteiger partial charge in [0.1, 0.15) is 5.75 Å². The maximum Gasteiger partial charge on any atom is 0.338 e. The van der Waals surface area contributed by atoms with E-state index in [-0.39, 0.29) is 17.1 Å². The van der Waals surface area contributed by atoms with Crippen LogP contribution < -0.4 is 0 Å². The van der Waals surface area contributed by atoms with Crippen LogP contribution >= 0.6 is 0 Å². The van der Waals surface area contributed by atoms with Gasteiger partial charge in [0, 0.05) is 5.56 Å². The number of aromatic hydroxyl groups is 1. The standard InChI is InChI=1S/C17H16O4/c1-11-3-5-13(6-4-11)16(19)12(2)21-17(20)14-7-9-15(18)10-8-14/h3-10,12,18H,1-2H3. The Hall–Kier alpha value is -2.62. The first-order valence-electron chi connectivity index (χ1n) is 6.58. The van der Waals surface area contributed by atoms with Gasteiger partial charge in [-0.3, -0.25) is 4.79 Å². The zero-order valence-corrected chi connectivity index (χ0v) is 11.9. The minimum absolute atomic E-state index is 0.0651. The molecular formula is C17H16O4. The quantitative estimate of drug-likeness (QED) is 0.692. The van der Waals surface area contributed by atoms with Crippen molar-refractivity contribution in [3.8, 4) is 5.75 Å². The fourth-order valence-corrected chi connectivity index (χ4v) is 1.83. The molecule has 0 aliphatic rings. The van der Waals surface area contributed by atoms with Crippen LogP contribution in [0.25, 0.3) is 0 Å². The van der Waals surface area contributed by atoms with Crippen molar-refractivity contribution in [3.05, 3.63) is 65.2 Å². The van der Waals surface area contributed by atoms with E-state index in [1.807, 2.05) is 19.1 Å². The number of phenolic OH excluding ortho intramolecular Hbond substituents is 1. The molecule has 0 saturated heterocycles. The number of phenols is 1. The maximum absolute atomic E-state index is 12.2. The second kappa shape index (κ2) is 6.22. The van der Waals surface area contributed by atoms with Gasteiger partial charge in [0.2, 0.25) is 5.78 Å². The second-order valence-corrected chi connectivity index (χ2v) is 4.82. The molecule has 2 rings (SSSR count). The highest BCUT2D eigenvalue weighted by Crippen LogP contribution is 2.13. The van der Waals surface area contributed by atoms with Gasteiger partial charge in [-0.05, 0) is 38.1 Å². The Morgan fingerprint density at radius 2 is 1.48 bits per heavy atom. The smallest absolute Gasteiger partial charge is 0.338 e. The summed E-state index contributed by atoms with van der Waals surface area (Å²) in [4.78, 5) is 24.1. The van der Waals surface area contributed by atoms with Gasteiger partial charge in [0.15, 0.2) is 6.10 Å². The van der Waals surface area contributed by atoms with E-state index in [2.05, 4.69) is 0 Å². The van der Waals surface area contributed by atoms with Gasteiger partial charge in [-0.1, -0.05) is 29.8 Å². The van der Waals surface area contributed by atoms with Gasteiger partial charge >= 0.3 is 5.97 Å². The number of carbonyl (C=O) groups is 2. The molecule has 4 nitrogen and oxygen atoms in total. The molecule has 0 bridgehead atoms. The Bertz CT molecular complexity index is 641. The molecule has 0 aliphatic heterocycles. The fraction of sp³-hybridized carbons (Fsp3) is 0.176. The van der Waals surface area contributed by atoms with Crippen LogP contribution in [0.1, 0.15) is 33.2 Å². The maximum atomic E-state index is 12.2. The molecule has 0 radical (unpaired) electrons. The van der Waals surface area contributed by atoms with Gasteiger partial charge < -0.3 is 9.84 Å². The predicted octanol–water partition coefficient (Wildman–Crippen LogP) is 3.13. The molecule has 2 aromatic carbocycles. The molecule has 4 heteroatoms. The van der Waals surface area contributed by atoms with E-state index in [1.165, 1.54) is 24.3 Å². The number of rotatable bonds is 4. The van der Waals surface area contributed by atoms with E-state index in [4.69, 9.17) is 4.74 Å². The van der Waals surface area contributed by atoms with Gasteiger partial charge in [-0.2, -0.15) is 0 Å². The number of aryl methyl sites for hydroxylation is 1. The van der Waals surface area contributed by atoms with Crippen molar-refractivity contribution in [3.63, 3.8) is 0 Å². The lowest BCUT2D eigenvalue weighted by molar-refractivity contribution is 0.0319. The second-order valence-electron chi connectivity index (χ2n) is 4.82. The van der Waals surface area contributed by atoms with Crippen LogP contribution in [0.4, 0.5) is 0 Å². The molecule has 1 N–H and O–H groups in total. The first-order valence-corrected chi connectivity index (χ1v) is 6.58. The van der Waals surface area contributed by atoms with Gasteiger partial charge in [-0.25, -0.2) is 4.79 Å². The predicted molar refractivity (Wildman–Crippen MR) is 78.5 cm³/mol. The highest BCUT2D eigenvalue weighted by molar-refractivity contribution is 6.01. The Labute approximate surface area is 123 Å². The van der Waals surface area contributed by atoms with Crippen molar-refractivity contribution < 1.29 is 19.4 Å². The highest BCUT2D eigenvalue weighted by atomic mass is 16.5. The van der Waals surface area contributed by atoms with E-state index in [1.54, 1.807) is 19.1 Å². The van der Waals surface area contributed by atoms with Gasteiger partial charge in [0.25, 0.3) is 0 Å². The normalized spacial score (nSPS) is 11.7. The van der Waals surface area contributed by atoms with Crippen LogP contribution in [-0.4, -0.2) is 23.0 Å². The number of benzene rings is 2. The lowest BCUT2D eigenvalue weighted by Gasteiger charge is -2.12. The highest BCUT2D eigenvalue weighted by Gasteiger charge is 2.20. The van der Waals surface area contributed by atoms with Crippen LogP contribution in [0.3, 0.4) is 0 Å². The zero-order chi connectivity index (χ0) is 15.4. The van der Waals surface area contributed by atoms with Crippen LogP contribution in [0.2, 0.25) is 0 Å². The lowest BCUT2D eigenvalue weighted by atomic mass is 10.1. The molecule has 0 amide bonds. The van der Waals surface area contributed by atoms with Crippen molar-refractivity contribution in [1.82, 2.24) is 0 Å². The number of hydrogen-bond acceptors (Lipinski definition) is 4. The molecule has 1 atom stereocenters. The summed E-state index contributed by atoms with van der Waals surface area (Å²) in [5.41, 5.74) is 1.85. The van der Waals surface area contributed by atoms with E-state index in [0.29, 0.717) is 5.56 Å². The van der Waals surface area contributed by atoms with Crippen LogP contribution in [-0.2, 0) is 4.74 Å². The molecule has 0 fully saturated rings. The Kier molecular flexibility index (Phi) is 4.38. The number of ether oxygens (including phenoxy) is 1. The monoisotopic (exact) mass is 284 g/mol. The molecular weight excluding hydrogens is 268 g/mol. The SMILES string of the molecule is Cc1ccc(C(=O)C(C)OC(=O)c2ccc(O)cc2)cc1. The summed E-state index contributed by atoms with van der Waals surface area (Å²) in [5.74, 6) is -0.777. The van der Waals surface area contributed by atoms with Crippen molar-refractivity contribution in [2.24, 2.45) is 0 Å². The van der Waals surface area contributed by atoms with E-state index >= 15 is 0 Å². The first kappa shape index (κ1) is 14.8. The lowest BCUT2D eigenvalue weighted by Crippen LogP contribution is -2.24. The number of hydrogen-bond donors (Lipinski definition) is 1. The Morgan fingerprint density at radius 3 is 2.05 bits per heavy atom. The topological polar surface area (TPSA) is 63.6 Å². The number of ketones is 1. The van der Waals surface area contributed by atoms with Gasteiger partial charge in [-0.15, -0.1) is 0 Å². The number of esters is 1. The molecule has 0 aliphatic carbocycles. The third-order valence-corrected chi connectivity index (χ3v) is 3.09. The summed E-state index contributed by atoms with van der Waals surface area (Å²) in [6, 6.07) is 12.8. The minimum atomic E-state index is -0.867. The van der Waals surface area contributed by atoms with E-state index < -0.39 is 12.1 Å². The van der Waals surface area contributed by atoms with Crippen molar-refractivity contribution in [2.75, 3.05) is 0 Å². The largest absolute Gasteiger partial charge is 0.508 e. The van der Waals surface area contributed by atoms with Crippen LogP contribution in [0.15, 0.2) is 48.5 Å². The third kappa shape index (κ3) is 3.69. The van der Waals surface area contributed by atoms with Crippen molar-refractivity contribution in [1.29, 1.82) is 0 Å². The summed E-state index contributed by atoms with van der Waals surface area (Å²) >= 11 is 0. The zero-order valence-electron chi connectivity index (χ0n) is 11.9. The Morgan fingerprint density at radius 1 is 0.952 bits per heavy atom. The number of Topliss-reactive ketones (excluding diaryl/α,β-unsaturated/α-hetero) is 1. The Balaban J connectivity index is 2.05. The van der Waals surface area contributed by atoms with Crippen molar-refractivity contribution >= 4 is 11.8 Å². The van der Waals surface area contributed by atoms with Crippen molar-refractivity contribution in [2.45, 2.75) is 20.0 Å². The molecule has 0 heterocycles. The summed E-state index contributed by atoms with van der Waals surface area (Å²) in [7, 11) is 0. The molecule has 108 valence electrons. The molecule has 21 heavy (non-hydrogen) atoms. The molecule has 1 unspecified atom stereocenters. The fourth-order valence-electron chi connectivity index (χ4n) is 1.83. The van der Waals surface area contributed by atoms with Crippen LogP contribution in [0.5, 0.6) is 5.75 Å². The number of carbonyl (C=O) groups excluding carboxylic acids is 2. The summed E-state index contributed by atoms with van der Waals surface area (Å²) in [5, 5.41) is 9.17. The summed E-state index contributed by atoms with van der Waals surface area (Å²) in [6.07, 6.45) is -0.867. The van der Waals surface area contributed by atoms with E-state index in [0.717, 1.165) is 5.56 Å². The summed E-state index contributed by atoms with van der Waals surface area (Å²) in [6.45, 7) is 3.48. The molecule has 0 spiro atoms. The molecule has 0 aromatic heterocycles. The summed E-state index contributed by atoms with van der Waals surface area (Å²) < 4.78 is 5.15. The average molecular weight is 284 g/mol. The molecule has 2 aromatic rings. The van der Waals surface area contributed by atoms with E-state index in [9.17, 15) is 14.7 Å². The minimum Gasteiger partial charge on any atom is -0.508 e. The third-order valence-electron chi connectivity index (χ3n) is 3.09. The molecule has 0 saturated carbocycles. The van der Waals surface area contributed by atoms with Crippen LogP contribution in [0, 0.1) is 6.92 Å². The van der Waals surface area contributed by atoms with Gasteiger partial charge in [0.05, 0.1) is 5.56 Å². The first-order chi connectivity index (χ1) is 9.97. The average Bonchev–Trinajstić information content (AvgIpc) is 2.47.